The Morgan fingerprint density at radius 2 is 1.81 bits per heavy atom. The van der Waals surface area contributed by atoms with Crippen molar-refractivity contribution in [2.45, 2.75) is 25.3 Å². The van der Waals surface area contributed by atoms with Gasteiger partial charge in [-0.05, 0) is 32.0 Å². The lowest BCUT2D eigenvalue weighted by molar-refractivity contribution is -0.0675. The van der Waals surface area contributed by atoms with Crippen molar-refractivity contribution in [2.24, 2.45) is 5.73 Å². The van der Waals surface area contributed by atoms with E-state index in [9.17, 15) is 13.2 Å². The molecule has 2 nitrogen and oxygen atoms in total. The molecule has 1 rings (SSSR count). The Kier molecular flexibility index (Phi) is 3.19. The average Bonchev–Trinajstić information content (AvgIpc) is 2.15. The Hall–Kier alpha value is -1.23. The van der Waals surface area contributed by atoms with Crippen molar-refractivity contribution >= 4 is 0 Å². The van der Waals surface area contributed by atoms with Gasteiger partial charge in [0.05, 0.1) is 12.6 Å². The van der Waals surface area contributed by atoms with Crippen LogP contribution in [0.5, 0.6) is 5.75 Å². The molecule has 0 radical (unpaired) electrons. The molecule has 0 fully saturated rings. The van der Waals surface area contributed by atoms with E-state index in [1.165, 1.54) is 21.0 Å². The standard InChI is InChI=1S/C11H14F3NO/c1-10(2,15)11(13,14)7-4-5-9(16-3)8(12)6-7/h4-6H,15H2,1-3H3. The quantitative estimate of drug-likeness (QED) is 0.871. The van der Waals surface area contributed by atoms with Crippen LogP contribution in [0.1, 0.15) is 19.4 Å². The molecule has 1 aromatic carbocycles. The zero-order valence-electron chi connectivity index (χ0n) is 9.35. The molecule has 0 atom stereocenters. The lowest BCUT2D eigenvalue weighted by atomic mass is 9.91. The van der Waals surface area contributed by atoms with E-state index in [-0.39, 0.29) is 5.75 Å². The molecule has 0 bridgehead atoms. The maximum Gasteiger partial charge on any atom is 0.290 e. The molecule has 0 heterocycles. The number of rotatable bonds is 3. The van der Waals surface area contributed by atoms with Crippen LogP contribution in [0.15, 0.2) is 18.2 Å². The number of nitrogens with two attached hydrogens (primary N) is 1. The third kappa shape index (κ3) is 2.14. The number of benzene rings is 1. The molecular weight excluding hydrogens is 219 g/mol. The van der Waals surface area contributed by atoms with Crippen molar-refractivity contribution in [3.05, 3.63) is 29.6 Å². The Morgan fingerprint density at radius 3 is 2.19 bits per heavy atom. The first kappa shape index (κ1) is 12.8. The molecule has 0 aromatic heterocycles. The van der Waals surface area contributed by atoms with E-state index in [0.29, 0.717) is 0 Å². The summed E-state index contributed by atoms with van der Waals surface area (Å²) in [5.74, 6) is -4.21. The second kappa shape index (κ2) is 3.97. The van der Waals surface area contributed by atoms with Gasteiger partial charge in [0.1, 0.15) is 0 Å². The van der Waals surface area contributed by atoms with Crippen LogP contribution >= 0.6 is 0 Å². The van der Waals surface area contributed by atoms with Crippen LogP contribution in [0.2, 0.25) is 0 Å². The van der Waals surface area contributed by atoms with Gasteiger partial charge in [-0.2, -0.15) is 8.78 Å². The van der Waals surface area contributed by atoms with Crippen molar-refractivity contribution in [2.75, 3.05) is 7.11 Å². The first-order valence-electron chi connectivity index (χ1n) is 4.71. The van der Waals surface area contributed by atoms with E-state index in [0.717, 1.165) is 18.2 Å². The minimum absolute atomic E-state index is 0.0747. The van der Waals surface area contributed by atoms with Crippen molar-refractivity contribution in [3.63, 3.8) is 0 Å². The van der Waals surface area contributed by atoms with Crippen molar-refractivity contribution < 1.29 is 17.9 Å². The fourth-order valence-electron chi connectivity index (χ4n) is 1.23. The highest BCUT2D eigenvalue weighted by molar-refractivity contribution is 5.33. The fourth-order valence-corrected chi connectivity index (χ4v) is 1.23. The maximum absolute atomic E-state index is 13.7. The molecule has 0 amide bonds. The molecular formula is C11H14F3NO. The number of hydrogen-bond donors (Lipinski definition) is 1. The van der Waals surface area contributed by atoms with E-state index in [2.05, 4.69) is 4.74 Å². The summed E-state index contributed by atoms with van der Waals surface area (Å²) < 4.78 is 45.4. The molecule has 0 unspecified atom stereocenters. The van der Waals surface area contributed by atoms with E-state index in [4.69, 9.17) is 5.73 Å². The van der Waals surface area contributed by atoms with Gasteiger partial charge in [-0.1, -0.05) is 0 Å². The van der Waals surface area contributed by atoms with Crippen LogP contribution in [0, 0.1) is 5.82 Å². The van der Waals surface area contributed by atoms with Crippen LogP contribution in [-0.4, -0.2) is 12.6 Å². The largest absolute Gasteiger partial charge is 0.494 e. The lowest BCUT2D eigenvalue weighted by Gasteiger charge is -2.30. The molecule has 16 heavy (non-hydrogen) atoms. The Morgan fingerprint density at radius 1 is 1.25 bits per heavy atom. The number of halogens is 3. The highest BCUT2D eigenvalue weighted by Gasteiger charge is 2.45. The Labute approximate surface area is 92.2 Å². The minimum atomic E-state index is -3.31. The summed E-state index contributed by atoms with van der Waals surface area (Å²) >= 11 is 0. The third-order valence-electron chi connectivity index (χ3n) is 2.32. The van der Waals surface area contributed by atoms with Gasteiger partial charge in [0.25, 0.3) is 5.92 Å². The molecule has 0 aliphatic carbocycles. The summed E-state index contributed by atoms with van der Waals surface area (Å²) in [6, 6.07) is 3.01. The molecule has 0 aliphatic rings. The predicted molar refractivity (Wildman–Crippen MR) is 55.1 cm³/mol. The van der Waals surface area contributed by atoms with Gasteiger partial charge in [-0.25, -0.2) is 4.39 Å². The average molecular weight is 233 g/mol. The van der Waals surface area contributed by atoms with Gasteiger partial charge in [-0.3, -0.25) is 0 Å². The summed E-state index contributed by atoms with van der Waals surface area (Å²) in [6.07, 6.45) is 0. The van der Waals surface area contributed by atoms with Gasteiger partial charge in [0, 0.05) is 5.56 Å². The van der Waals surface area contributed by atoms with Crippen molar-refractivity contribution in [1.82, 2.24) is 0 Å². The summed E-state index contributed by atoms with van der Waals surface area (Å²) in [5.41, 5.74) is 3.15. The first-order valence-corrected chi connectivity index (χ1v) is 4.71. The smallest absolute Gasteiger partial charge is 0.290 e. The number of alkyl halides is 2. The highest BCUT2D eigenvalue weighted by Crippen LogP contribution is 2.38. The first-order chi connectivity index (χ1) is 7.20. The molecule has 0 saturated carbocycles. The highest BCUT2D eigenvalue weighted by atomic mass is 19.3. The predicted octanol–water partition coefficient (Wildman–Crippen LogP) is 2.66. The molecule has 0 aliphatic heterocycles. The second-order valence-corrected chi connectivity index (χ2v) is 4.15. The van der Waals surface area contributed by atoms with Crippen LogP contribution in [0.25, 0.3) is 0 Å². The van der Waals surface area contributed by atoms with Gasteiger partial charge in [0.2, 0.25) is 0 Å². The normalized spacial score (nSPS) is 12.7. The van der Waals surface area contributed by atoms with Gasteiger partial charge < -0.3 is 10.5 Å². The molecule has 90 valence electrons. The molecule has 0 saturated heterocycles. The number of hydrogen-bond acceptors (Lipinski definition) is 2. The fraction of sp³-hybridized carbons (Fsp3) is 0.455. The summed E-state index contributed by atoms with van der Waals surface area (Å²) in [6.45, 7) is 2.38. The van der Waals surface area contributed by atoms with E-state index >= 15 is 0 Å². The van der Waals surface area contributed by atoms with E-state index in [1.807, 2.05) is 0 Å². The van der Waals surface area contributed by atoms with Gasteiger partial charge in [0.15, 0.2) is 11.6 Å². The Bertz CT molecular complexity index is 385. The topological polar surface area (TPSA) is 35.2 Å². The second-order valence-electron chi connectivity index (χ2n) is 4.15. The summed E-state index contributed by atoms with van der Waals surface area (Å²) in [5, 5.41) is 0. The van der Waals surface area contributed by atoms with Gasteiger partial charge >= 0.3 is 0 Å². The van der Waals surface area contributed by atoms with Crippen molar-refractivity contribution in [3.8, 4) is 5.75 Å². The molecule has 5 heteroatoms. The maximum atomic E-state index is 13.7. The van der Waals surface area contributed by atoms with E-state index in [1.54, 1.807) is 0 Å². The van der Waals surface area contributed by atoms with Gasteiger partial charge in [-0.15, -0.1) is 0 Å². The van der Waals surface area contributed by atoms with E-state index < -0.39 is 22.8 Å². The van der Waals surface area contributed by atoms with Crippen LogP contribution < -0.4 is 10.5 Å². The zero-order valence-corrected chi connectivity index (χ0v) is 9.35. The number of ether oxygens (including phenoxy) is 1. The monoisotopic (exact) mass is 233 g/mol. The molecule has 1 aromatic rings. The van der Waals surface area contributed by atoms with Crippen LogP contribution in [0.3, 0.4) is 0 Å². The summed E-state index contributed by atoms with van der Waals surface area (Å²) in [4.78, 5) is 0. The number of methoxy groups -OCH3 is 1. The minimum Gasteiger partial charge on any atom is -0.494 e. The van der Waals surface area contributed by atoms with Crippen LogP contribution in [0.4, 0.5) is 13.2 Å². The lowest BCUT2D eigenvalue weighted by Crippen LogP contribution is -2.48. The molecule has 0 spiro atoms. The summed E-state index contributed by atoms with van der Waals surface area (Å²) in [7, 11) is 1.27. The Balaban J connectivity index is 3.20. The van der Waals surface area contributed by atoms with Crippen LogP contribution in [-0.2, 0) is 5.92 Å². The zero-order chi connectivity index (χ0) is 12.6. The SMILES string of the molecule is COc1ccc(C(F)(F)C(C)(C)N)cc1F. The molecule has 2 N–H and O–H groups in total. The van der Waals surface area contributed by atoms with Crippen molar-refractivity contribution in [1.29, 1.82) is 0 Å². The third-order valence-corrected chi connectivity index (χ3v) is 2.32.